The Labute approximate surface area is 145 Å². The van der Waals surface area contributed by atoms with Crippen LogP contribution in [-0.2, 0) is 11.3 Å². The maximum atomic E-state index is 12.4. The molecule has 0 radical (unpaired) electrons. The van der Waals surface area contributed by atoms with Crippen molar-refractivity contribution in [3.05, 3.63) is 23.8 Å². The van der Waals surface area contributed by atoms with Crippen LogP contribution >= 0.6 is 0 Å². The first-order valence-corrected chi connectivity index (χ1v) is 7.86. The van der Waals surface area contributed by atoms with E-state index in [1.54, 1.807) is 34.6 Å². The van der Waals surface area contributed by atoms with Crippen LogP contribution in [0.1, 0.15) is 40.2 Å². The number of nitrogens with two attached hydrogens (primary N) is 1. The summed E-state index contributed by atoms with van der Waals surface area (Å²) in [5.41, 5.74) is 5.78. The normalized spacial score (nSPS) is 12.2. The van der Waals surface area contributed by atoms with Crippen LogP contribution in [0.3, 0.4) is 0 Å². The van der Waals surface area contributed by atoms with Gasteiger partial charge in [0, 0.05) is 17.3 Å². The highest BCUT2D eigenvalue weighted by Gasteiger charge is 2.30. The van der Waals surface area contributed by atoms with Gasteiger partial charge in [0.1, 0.15) is 11.4 Å². The van der Waals surface area contributed by atoms with Crippen LogP contribution in [-0.4, -0.2) is 35.4 Å². The predicted molar refractivity (Wildman–Crippen MR) is 89.3 cm³/mol. The van der Waals surface area contributed by atoms with Gasteiger partial charge in [0.2, 0.25) is 0 Å². The minimum atomic E-state index is -4.46. The predicted octanol–water partition coefficient (Wildman–Crippen LogP) is 4.36. The van der Waals surface area contributed by atoms with Crippen molar-refractivity contribution in [2.45, 2.75) is 59.0 Å². The molecule has 0 aliphatic heterocycles. The second-order valence-electron chi connectivity index (χ2n) is 6.97. The first-order valence-electron chi connectivity index (χ1n) is 7.86. The van der Waals surface area contributed by atoms with Gasteiger partial charge in [-0.3, -0.25) is 0 Å². The Morgan fingerprint density at radius 2 is 1.84 bits per heavy atom. The van der Waals surface area contributed by atoms with Gasteiger partial charge in [-0.15, -0.1) is 0 Å². The number of hydrogen-bond acceptors (Lipinski definition) is 4. The lowest BCUT2D eigenvalue weighted by Gasteiger charge is -2.30. The lowest BCUT2D eigenvalue weighted by atomic mass is 10.1. The summed E-state index contributed by atoms with van der Waals surface area (Å²) in [6, 6.07) is 4.07. The molecule has 0 saturated carbocycles. The summed E-state index contributed by atoms with van der Waals surface area (Å²) in [6.07, 6.45) is -5.02. The smallest absolute Gasteiger partial charge is 0.422 e. The van der Waals surface area contributed by atoms with Crippen LogP contribution in [0.2, 0.25) is 0 Å². The molecular weight excluding hydrogens is 337 g/mol. The van der Waals surface area contributed by atoms with Crippen molar-refractivity contribution in [1.29, 1.82) is 0 Å². The van der Waals surface area contributed by atoms with Gasteiger partial charge in [-0.25, -0.2) is 4.79 Å². The summed E-state index contributed by atoms with van der Waals surface area (Å²) in [6.45, 7) is 7.38. The number of nitrogens with zero attached hydrogens (tertiary/aromatic N) is 1. The SMILES string of the molecule is CC(C)N(Cc1cc(N)ccc1OCC(F)(F)F)C(=O)OC(C)(C)C. The number of benzene rings is 1. The molecule has 1 amide bonds. The molecule has 25 heavy (non-hydrogen) atoms. The van der Waals surface area contributed by atoms with E-state index in [2.05, 4.69) is 0 Å². The quantitative estimate of drug-likeness (QED) is 0.791. The van der Waals surface area contributed by atoms with E-state index >= 15 is 0 Å². The monoisotopic (exact) mass is 362 g/mol. The van der Waals surface area contributed by atoms with E-state index in [1.165, 1.54) is 23.1 Å². The molecule has 8 heteroatoms. The largest absolute Gasteiger partial charge is 0.484 e. The van der Waals surface area contributed by atoms with Crippen LogP contribution in [0.5, 0.6) is 5.75 Å². The maximum Gasteiger partial charge on any atom is 0.422 e. The Hall–Kier alpha value is -2.12. The second-order valence-corrected chi connectivity index (χ2v) is 6.97. The molecule has 0 atom stereocenters. The molecule has 0 spiro atoms. The number of ether oxygens (including phenoxy) is 2. The standard InChI is InChI=1S/C17H25F3N2O3/c1-11(2)22(15(23)25-16(3,4)5)9-12-8-13(21)6-7-14(12)24-10-17(18,19)20/h6-8,11H,9-10,21H2,1-5H3. The molecule has 0 fully saturated rings. The molecule has 142 valence electrons. The van der Waals surface area contributed by atoms with Gasteiger partial charge in [-0.2, -0.15) is 13.2 Å². The average molecular weight is 362 g/mol. The average Bonchev–Trinajstić information content (AvgIpc) is 2.40. The van der Waals surface area contributed by atoms with E-state index in [0.717, 1.165) is 0 Å². The lowest BCUT2D eigenvalue weighted by molar-refractivity contribution is -0.153. The Morgan fingerprint density at radius 1 is 1.24 bits per heavy atom. The third kappa shape index (κ3) is 7.53. The van der Waals surface area contributed by atoms with Gasteiger partial charge in [0.25, 0.3) is 0 Å². The van der Waals surface area contributed by atoms with Gasteiger partial charge in [0.05, 0.1) is 6.54 Å². The van der Waals surface area contributed by atoms with Crippen molar-refractivity contribution >= 4 is 11.8 Å². The summed E-state index contributed by atoms with van der Waals surface area (Å²) in [4.78, 5) is 13.8. The zero-order valence-electron chi connectivity index (χ0n) is 15.1. The van der Waals surface area contributed by atoms with Crippen LogP contribution in [0.25, 0.3) is 0 Å². The van der Waals surface area contributed by atoms with Crippen molar-refractivity contribution in [2.75, 3.05) is 12.3 Å². The number of anilines is 1. The fraction of sp³-hybridized carbons (Fsp3) is 0.588. The Balaban J connectivity index is 3.03. The van der Waals surface area contributed by atoms with E-state index in [0.29, 0.717) is 11.3 Å². The number of hydrogen-bond donors (Lipinski definition) is 1. The topological polar surface area (TPSA) is 64.8 Å². The van der Waals surface area contributed by atoms with Crippen LogP contribution < -0.4 is 10.5 Å². The number of carbonyl (C=O) groups excluding carboxylic acids is 1. The summed E-state index contributed by atoms with van der Waals surface area (Å²) < 4.78 is 47.5. The Kier molecular flexibility index (Phi) is 6.56. The first-order chi connectivity index (χ1) is 11.3. The minimum absolute atomic E-state index is 0.0187. The summed E-state index contributed by atoms with van der Waals surface area (Å²) >= 11 is 0. The van der Waals surface area contributed by atoms with Gasteiger partial charge in [-0.1, -0.05) is 0 Å². The van der Waals surface area contributed by atoms with Crippen molar-refractivity contribution in [3.8, 4) is 5.75 Å². The molecular formula is C17H25F3N2O3. The van der Waals surface area contributed by atoms with Crippen molar-refractivity contribution in [2.24, 2.45) is 0 Å². The molecule has 0 unspecified atom stereocenters. The molecule has 0 saturated heterocycles. The molecule has 1 rings (SSSR count). The Morgan fingerprint density at radius 3 is 2.32 bits per heavy atom. The molecule has 1 aromatic rings. The summed E-state index contributed by atoms with van der Waals surface area (Å²) in [5.74, 6) is 0.0285. The van der Waals surface area contributed by atoms with Gasteiger partial charge in [0.15, 0.2) is 6.61 Å². The van der Waals surface area contributed by atoms with E-state index < -0.39 is 24.5 Å². The summed E-state index contributed by atoms with van der Waals surface area (Å²) in [7, 11) is 0. The van der Waals surface area contributed by atoms with E-state index in [4.69, 9.17) is 15.2 Å². The highest BCUT2D eigenvalue weighted by atomic mass is 19.4. The molecule has 2 N–H and O–H groups in total. The van der Waals surface area contributed by atoms with E-state index in [1.807, 2.05) is 0 Å². The zero-order valence-corrected chi connectivity index (χ0v) is 15.1. The van der Waals surface area contributed by atoms with Crippen LogP contribution in [0.4, 0.5) is 23.7 Å². The van der Waals surface area contributed by atoms with Gasteiger partial charge in [-0.05, 0) is 52.8 Å². The fourth-order valence-electron chi connectivity index (χ4n) is 1.99. The number of halogens is 3. The van der Waals surface area contributed by atoms with Crippen molar-refractivity contribution < 1.29 is 27.4 Å². The van der Waals surface area contributed by atoms with Gasteiger partial charge >= 0.3 is 12.3 Å². The molecule has 5 nitrogen and oxygen atoms in total. The zero-order chi connectivity index (χ0) is 19.4. The molecule has 0 aromatic heterocycles. The highest BCUT2D eigenvalue weighted by Crippen LogP contribution is 2.27. The van der Waals surface area contributed by atoms with Crippen LogP contribution in [0, 0.1) is 0 Å². The van der Waals surface area contributed by atoms with Crippen molar-refractivity contribution in [3.63, 3.8) is 0 Å². The third-order valence-corrected chi connectivity index (χ3v) is 3.07. The van der Waals surface area contributed by atoms with Gasteiger partial charge < -0.3 is 20.1 Å². The number of carbonyl (C=O) groups is 1. The first kappa shape index (κ1) is 20.9. The minimum Gasteiger partial charge on any atom is -0.484 e. The van der Waals surface area contributed by atoms with Crippen molar-refractivity contribution in [1.82, 2.24) is 4.90 Å². The summed E-state index contributed by atoms with van der Waals surface area (Å²) in [5, 5.41) is 0. The maximum absolute atomic E-state index is 12.4. The second kappa shape index (κ2) is 7.84. The number of rotatable bonds is 5. The molecule has 0 heterocycles. The number of amides is 1. The van der Waals surface area contributed by atoms with Crippen LogP contribution in [0.15, 0.2) is 18.2 Å². The number of alkyl halides is 3. The molecule has 1 aromatic carbocycles. The molecule has 0 aliphatic rings. The third-order valence-electron chi connectivity index (χ3n) is 3.07. The van der Waals surface area contributed by atoms with E-state index in [-0.39, 0.29) is 18.3 Å². The number of nitrogen functional groups attached to an aromatic ring is 1. The molecule has 0 aliphatic carbocycles. The fourth-order valence-corrected chi connectivity index (χ4v) is 1.99. The Bertz CT molecular complexity index is 596. The van der Waals surface area contributed by atoms with E-state index in [9.17, 15) is 18.0 Å². The highest BCUT2D eigenvalue weighted by molar-refractivity contribution is 5.68. The molecule has 0 bridgehead atoms. The lowest BCUT2D eigenvalue weighted by Crippen LogP contribution is -2.40.